The molecular weight excluding hydrogens is 194 g/mol. The van der Waals surface area contributed by atoms with Crippen molar-refractivity contribution in [3.05, 3.63) is 61.0 Å². The molecule has 16 heavy (non-hydrogen) atoms. The molecule has 1 heteroatoms. The minimum absolute atomic E-state index is 1.18. The monoisotopic (exact) mass is 206 g/mol. The Bertz CT molecular complexity index is 674. The third-order valence-electron chi connectivity index (χ3n) is 2.84. The molecule has 0 aliphatic heterocycles. The third kappa shape index (κ3) is 1.33. The molecule has 0 amide bonds. The highest BCUT2D eigenvalue weighted by Gasteiger charge is 2.02. The lowest BCUT2D eigenvalue weighted by Crippen LogP contribution is -1.72. The maximum absolute atomic E-state index is 3.72. The lowest BCUT2D eigenvalue weighted by atomic mass is 10.1. The van der Waals surface area contributed by atoms with Crippen LogP contribution in [-0.4, -0.2) is 4.98 Å². The summed E-state index contributed by atoms with van der Waals surface area (Å²) in [5, 5.41) is 2.54. The van der Waals surface area contributed by atoms with Crippen molar-refractivity contribution in [2.45, 2.75) is 0 Å². The average Bonchev–Trinajstić information content (AvgIpc) is 2.68. The minimum Gasteiger partial charge on any atom is -0.355 e. The summed E-state index contributed by atoms with van der Waals surface area (Å²) in [4.78, 5) is 3.41. The Kier molecular flexibility index (Phi) is 2.03. The Morgan fingerprint density at radius 1 is 0.938 bits per heavy atom. The lowest BCUT2D eigenvalue weighted by Gasteiger charge is -1.94. The van der Waals surface area contributed by atoms with E-state index in [1.54, 1.807) is 0 Å². The van der Waals surface area contributed by atoms with E-state index in [1.165, 1.54) is 27.4 Å². The van der Waals surface area contributed by atoms with Gasteiger partial charge in [-0.3, -0.25) is 0 Å². The summed E-state index contributed by atoms with van der Waals surface area (Å²) < 4.78 is 0. The molecule has 1 aromatic heterocycles. The molecule has 0 fully saturated rings. The number of aromatic amines is 1. The van der Waals surface area contributed by atoms with Gasteiger partial charge in [-0.1, -0.05) is 36.4 Å². The molecule has 0 aliphatic rings. The molecule has 2 aromatic carbocycles. The molecule has 0 bridgehead atoms. The summed E-state index contributed by atoms with van der Waals surface area (Å²) in [6, 6.07) is 14.8. The second kappa shape index (κ2) is 3.53. The van der Waals surface area contributed by atoms with Crippen molar-refractivity contribution >= 4 is 27.9 Å². The largest absolute Gasteiger partial charge is 0.355 e. The van der Waals surface area contributed by atoms with Gasteiger partial charge in [-0.05, 0) is 30.7 Å². The molecule has 3 aromatic rings. The van der Waals surface area contributed by atoms with E-state index >= 15 is 0 Å². The Labute approximate surface area is 94.4 Å². The number of aromatic nitrogens is 1. The molecule has 0 aliphatic carbocycles. The first-order chi connectivity index (χ1) is 7.88. The second-order valence-electron chi connectivity index (χ2n) is 3.88. The van der Waals surface area contributed by atoms with Crippen LogP contribution in [0.5, 0.6) is 0 Å². The van der Waals surface area contributed by atoms with Crippen LogP contribution in [0.2, 0.25) is 0 Å². The second-order valence-corrected chi connectivity index (χ2v) is 3.88. The first-order valence-electron chi connectivity index (χ1n) is 5.35. The van der Waals surface area contributed by atoms with E-state index in [4.69, 9.17) is 0 Å². The van der Waals surface area contributed by atoms with Crippen LogP contribution < -0.4 is 0 Å². The summed E-state index contributed by atoms with van der Waals surface area (Å²) in [6.07, 6.45) is 3.83. The Balaban J connectivity index is 2.39. The molecule has 1 N–H and O–H groups in total. The number of benzene rings is 2. The van der Waals surface area contributed by atoms with Gasteiger partial charge in [0, 0.05) is 21.8 Å². The van der Waals surface area contributed by atoms with E-state index in [0.717, 1.165) is 0 Å². The molecule has 0 spiro atoms. The minimum atomic E-state index is 1.18. The van der Waals surface area contributed by atoms with Crippen LogP contribution in [0.3, 0.4) is 0 Å². The molecular formula is C15H12N. The van der Waals surface area contributed by atoms with Crippen LogP contribution in [0, 0.1) is 6.92 Å². The number of nitrogens with one attached hydrogen (secondary N) is 1. The number of fused-ring (bicyclic) bond motifs is 3. The SMILES string of the molecule is [CH2]/C=C/c1ccc2[nH]c3ccccc3c2c1. The van der Waals surface area contributed by atoms with Crippen LogP contribution in [-0.2, 0) is 0 Å². The molecule has 77 valence electrons. The van der Waals surface area contributed by atoms with E-state index in [1.807, 2.05) is 12.2 Å². The van der Waals surface area contributed by atoms with Gasteiger partial charge in [-0.2, -0.15) is 0 Å². The summed E-state index contributed by atoms with van der Waals surface area (Å²) >= 11 is 0. The van der Waals surface area contributed by atoms with Gasteiger partial charge in [0.05, 0.1) is 0 Å². The molecule has 1 nitrogen and oxygen atoms in total. The first kappa shape index (κ1) is 9.22. The van der Waals surface area contributed by atoms with Gasteiger partial charge in [0.1, 0.15) is 0 Å². The van der Waals surface area contributed by atoms with E-state index in [9.17, 15) is 0 Å². The Morgan fingerprint density at radius 2 is 1.75 bits per heavy atom. The zero-order chi connectivity index (χ0) is 11.0. The van der Waals surface area contributed by atoms with Crippen molar-refractivity contribution in [3.63, 3.8) is 0 Å². The van der Waals surface area contributed by atoms with Crippen LogP contribution in [0.4, 0.5) is 0 Å². The van der Waals surface area contributed by atoms with Crippen LogP contribution in [0.1, 0.15) is 5.56 Å². The zero-order valence-corrected chi connectivity index (χ0v) is 8.90. The fourth-order valence-corrected chi connectivity index (χ4v) is 2.11. The fraction of sp³-hybridized carbons (Fsp3) is 0. The highest BCUT2D eigenvalue weighted by Crippen LogP contribution is 2.26. The summed E-state index contributed by atoms with van der Waals surface area (Å²) in [7, 11) is 0. The van der Waals surface area contributed by atoms with Gasteiger partial charge in [0.15, 0.2) is 0 Å². The van der Waals surface area contributed by atoms with Crippen molar-refractivity contribution in [3.8, 4) is 0 Å². The van der Waals surface area contributed by atoms with Gasteiger partial charge in [-0.25, -0.2) is 0 Å². The van der Waals surface area contributed by atoms with Crippen molar-refractivity contribution < 1.29 is 0 Å². The maximum atomic E-state index is 3.72. The zero-order valence-electron chi connectivity index (χ0n) is 8.90. The number of hydrogen-bond acceptors (Lipinski definition) is 0. The summed E-state index contributed by atoms with van der Waals surface area (Å²) in [6.45, 7) is 3.72. The molecule has 3 rings (SSSR count). The number of H-pyrrole nitrogens is 1. The van der Waals surface area contributed by atoms with E-state index in [0.29, 0.717) is 0 Å². The topological polar surface area (TPSA) is 15.8 Å². The highest BCUT2D eigenvalue weighted by atomic mass is 14.7. The molecule has 1 radical (unpaired) electrons. The van der Waals surface area contributed by atoms with Crippen molar-refractivity contribution in [1.29, 1.82) is 0 Å². The predicted molar refractivity (Wildman–Crippen MR) is 70.2 cm³/mol. The maximum Gasteiger partial charge on any atom is 0.0465 e. The molecule has 0 saturated carbocycles. The van der Waals surface area contributed by atoms with E-state index in [-0.39, 0.29) is 0 Å². The van der Waals surface area contributed by atoms with Gasteiger partial charge < -0.3 is 4.98 Å². The van der Waals surface area contributed by atoms with Gasteiger partial charge >= 0.3 is 0 Å². The summed E-state index contributed by atoms with van der Waals surface area (Å²) in [5.74, 6) is 0. The van der Waals surface area contributed by atoms with Crippen molar-refractivity contribution in [1.82, 2.24) is 4.98 Å². The Hall–Kier alpha value is -2.02. The number of hydrogen-bond donors (Lipinski definition) is 1. The first-order valence-corrected chi connectivity index (χ1v) is 5.35. The molecule has 0 unspecified atom stereocenters. The highest BCUT2D eigenvalue weighted by molar-refractivity contribution is 6.07. The molecule has 0 saturated heterocycles. The van der Waals surface area contributed by atoms with Crippen molar-refractivity contribution in [2.75, 3.05) is 0 Å². The van der Waals surface area contributed by atoms with Crippen LogP contribution >= 0.6 is 0 Å². The van der Waals surface area contributed by atoms with Crippen LogP contribution in [0.15, 0.2) is 48.5 Å². The number of allylic oxidation sites excluding steroid dienone is 1. The normalized spacial score (nSPS) is 11.8. The standard InChI is InChI=1S/C15H12N/c1-2-5-11-8-9-15-13(10-11)12-6-3-4-7-14(12)16-15/h2-10,16H,1H2/b5-2+. The van der Waals surface area contributed by atoms with Gasteiger partial charge in [0.25, 0.3) is 0 Å². The molecule has 1 heterocycles. The van der Waals surface area contributed by atoms with Gasteiger partial charge in [0.2, 0.25) is 0 Å². The third-order valence-corrected chi connectivity index (χ3v) is 2.84. The van der Waals surface area contributed by atoms with Crippen LogP contribution in [0.25, 0.3) is 27.9 Å². The number of rotatable bonds is 1. The van der Waals surface area contributed by atoms with Crippen molar-refractivity contribution in [2.24, 2.45) is 0 Å². The fourth-order valence-electron chi connectivity index (χ4n) is 2.11. The summed E-state index contributed by atoms with van der Waals surface area (Å²) in [5.41, 5.74) is 3.56. The smallest absolute Gasteiger partial charge is 0.0465 e. The van der Waals surface area contributed by atoms with Gasteiger partial charge in [-0.15, -0.1) is 0 Å². The van der Waals surface area contributed by atoms with E-state index in [2.05, 4.69) is 54.4 Å². The average molecular weight is 206 g/mol. The lowest BCUT2D eigenvalue weighted by molar-refractivity contribution is 1.54. The predicted octanol–water partition coefficient (Wildman–Crippen LogP) is 4.17. The Morgan fingerprint density at radius 3 is 2.62 bits per heavy atom. The molecule has 0 atom stereocenters. The number of para-hydroxylation sites is 1. The van der Waals surface area contributed by atoms with E-state index < -0.39 is 0 Å². The quantitative estimate of drug-likeness (QED) is 0.615.